The van der Waals surface area contributed by atoms with Crippen molar-refractivity contribution in [3.8, 4) is 0 Å². The Morgan fingerprint density at radius 3 is 1.43 bits per heavy atom. The van der Waals surface area contributed by atoms with Crippen LogP contribution >= 0.6 is 23.5 Å². The molecule has 1 aromatic rings. The molecule has 0 saturated heterocycles. The Balaban J connectivity index is 1.91. The Labute approximate surface area is 402 Å². The molecule has 1 aromatic heterocycles. The number of hydrogen-bond donors (Lipinski definition) is 5. The number of amides is 5. The molecule has 1 rings (SSSR count). The summed E-state index contributed by atoms with van der Waals surface area (Å²) in [5.74, 6) is -0.511. The van der Waals surface area contributed by atoms with Crippen LogP contribution < -0.4 is 26.6 Å². The van der Waals surface area contributed by atoms with Crippen molar-refractivity contribution >= 4 is 53.2 Å². The van der Waals surface area contributed by atoms with Gasteiger partial charge in [0.1, 0.15) is 18.9 Å². The highest BCUT2D eigenvalue weighted by molar-refractivity contribution is 7.99. The number of hydroxylamine groups is 2. The summed E-state index contributed by atoms with van der Waals surface area (Å²) in [6, 6.07) is 0.130. The standard InChI is InChI=1S/C40H75N9O16S2/c1-5-55-10-11-57-14-15-59-18-19-61-22-23-63-25-24-62-21-20-60-17-16-58-13-12-56-9-8-49-29-34(46-47-49)30-64-40(54)42-7-6-41-36(50)26-43-37(51)27-44-38(52)28-45-39(53)31-65-48(2)35(32-66-3)33-67-4/h29,35H,5-28,30-33H2,1-4H3,(H,41,50)(H,42,54)(H,43,51)(H,44,52)(H,45,53). The van der Waals surface area contributed by atoms with E-state index in [0.29, 0.717) is 131 Å². The summed E-state index contributed by atoms with van der Waals surface area (Å²) in [6.07, 6.45) is 4.89. The highest BCUT2D eigenvalue weighted by atomic mass is 32.2. The third-order valence-corrected chi connectivity index (χ3v) is 9.70. The number of carbonyl (C=O) groups excluding carboxylic acids is 5. The molecule has 0 unspecified atom stereocenters. The van der Waals surface area contributed by atoms with Crippen LogP contribution in [0.5, 0.6) is 0 Å². The second-order valence-corrected chi connectivity index (χ2v) is 15.5. The monoisotopic (exact) mass is 1000 g/mol. The maximum Gasteiger partial charge on any atom is 0.407 e. The SMILES string of the molecule is CCOCCOCCOCCOCCOCCOCCOCCOCCOCCn1cc(COC(=O)NCCNC(=O)CNC(=O)CNC(=O)CNC(=O)CON(C)C(CSC)CSC)nn1. The summed E-state index contributed by atoms with van der Waals surface area (Å²) >= 11 is 3.35. The average Bonchev–Trinajstić information content (AvgIpc) is 3.79. The molecule has 0 aliphatic heterocycles. The predicted octanol–water partition coefficient (Wildman–Crippen LogP) is -1.90. The van der Waals surface area contributed by atoms with Crippen LogP contribution in [0.25, 0.3) is 0 Å². The van der Waals surface area contributed by atoms with Crippen LogP contribution in [-0.2, 0) is 84.5 Å². The predicted molar refractivity (Wildman–Crippen MR) is 248 cm³/mol. The molecule has 0 aromatic carbocycles. The fraction of sp³-hybridized carbons (Fsp3) is 0.825. The molecule has 0 bridgehead atoms. The Bertz CT molecular complexity index is 1410. The van der Waals surface area contributed by atoms with Crippen LogP contribution in [0, 0.1) is 0 Å². The number of nitrogens with zero attached hydrogens (tertiary/aromatic N) is 4. The first-order valence-electron chi connectivity index (χ1n) is 22.1. The summed E-state index contributed by atoms with van der Waals surface area (Å²) in [7, 11) is 1.75. The van der Waals surface area contributed by atoms with E-state index >= 15 is 0 Å². The van der Waals surface area contributed by atoms with Gasteiger partial charge in [0.2, 0.25) is 23.6 Å². The normalized spacial score (nSPS) is 11.3. The zero-order valence-corrected chi connectivity index (χ0v) is 41.2. The Morgan fingerprint density at radius 1 is 0.582 bits per heavy atom. The summed E-state index contributed by atoms with van der Waals surface area (Å²) in [6.45, 7) is 9.86. The number of aromatic nitrogens is 3. The number of carbonyl (C=O) groups is 5. The minimum Gasteiger partial charge on any atom is -0.443 e. The lowest BCUT2D eigenvalue weighted by Crippen LogP contribution is -2.45. The van der Waals surface area contributed by atoms with E-state index in [9.17, 15) is 24.0 Å². The van der Waals surface area contributed by atoms with Gasteiger partial charge in [-0.1, -0.05) is 5.21 Å². The third kappa shape index (κ3) is 39.1. The van der Waals surface area contributed by atoms with Crippen molar-refractivity contribution in [2.75, 3.05) is 189 Å². The minimum absolute atomic E-state index is 0.0639. The van der Waals surface area contributed by atoms with Gasteiger partial charge in [-0.3, -0.25) is 24.0 Å². The number of rotatable bonds is 47. The van der Waals surface area contributed by atoms with Crippen molar-refractivity contribution in [3.05, 3.63) is 11.9 Å². The van der Waals surface area contributed by atoms with Crippen molar-refractivity contribution in [1.29, 1.82) is 0 Å². The van der Waals surface area contributed by atoms with E-state index in [1.165, 1.54) is 0 Å². The van der Waals surface area contributed by atoms with E-state index in [0.717, 1.165) is 11.5 Å². The molecule has 388 valence electrons. The molecule has 0 spiro atoms. The fourth-order valence-electron chi connectivity index (χ4n) is 4.82. The van der Waals surface area contributed by atoms with E-state index in [4.69, 9.17) is 52.2 Å². The van der Waals surface area contributed by atoms with Gasteiger partial charge in [-0.05, 0) is 19.4 Å². The number of alkyl carbamates (subject to hydrolysis) is 1. The number of thioether (sulfide) groups is 2. The van der Waals surface area contributed by atoms with Crippen LogP contribution in [0.15, 0.2) is 6.20 Å². The molecule has 1 heterocycles. The molecule has 0 radical (unpaired) electrons. The summed E-state index contributed by atoms with van der Waals surface area (Å²) < 4.78 is 55.6. The van der Waals surface area contributed by atoms with Gasteiger partial charge in [-0.25, -0.2) is 9.48 Å². The van der Waals surface area contributed by atoms with Crippen molar-refractivity contribution < 1.29 is 76.2 Å². The average molecular weight is 1000 g/mol. The first-order chi connectivity index (χ1) is 32.7. The topological polar surface area (TPSA) is 281 Å². The number of hydrogen-bond acceptors (Lipinski definition) is 21. The van der Waals surface area contributed by atoms with Gasteiger partial charge in [-0.2, -0.15) is 28.6 Å². The molecule has 67 heavy (non-hydrogen) atoms. The van der Waals surface area contributed by atoms with Crippen molar-refractivity contribution in [1.82, 2.24) is 46.6 Å². The zero-order valence-electron chi connectivity index (χ0n) is 39.6. The van der Waals surface area contributed by atoms with Crippen molar-refractivity contribution in [2.45, 2.75) is 26.1 Å². The first-order valence-corrected chi connectivity index (χ1v) is 24.9. The maximum atomic E-state index is 12.1. The Hall–Kier alpha value is -3.45. The summed E-state index contributed by atoms with van der Waals surface area (Å²) in [5, 5.41) is 21.8. The lowest BCUT2D eigenvalue weighted by Gasteiger charge is -2.25. The van der Waals surface area contributed by atoms with Gasteiger partial charge < -0.3 is 74.0 Å². The molecular weight excluding hydrogens is 927 g/mol. The molecule has 5 amide bonds. The van der Waals surface area contributed by atoms with E-state index in [1.54, 1.807) is 46.5 Å². The van der Waals surface area contributed by atoms with Gasteiger partial charge in [0.15, 0.2) is 0 Å². The molecule has 0 saturated carbocycles. The van der Waals surface area contributed by atoms with E-state index < -0.39 is 36.3 Å². The molecule has 5 N–H and O–H groups in total. The van der Waals surface area contributed by atoms with Crippen LogP contribution in [0.3, 0.4) is 0 Å². The minimum atomic E-state index is -0.721. The molecule has 0 atom stereocenters. The van der Waals surface area contributed by atoms with Crippen molar-refractivity contribution in [3.63, 3.8) is 0 Å². The maximum absolute atomic E-state index is 12.1. The quantitative estimate of drug-likeness (QED) is 0.0352. The van der Waals surface area contributed by atoms with Crippen LogP contribution in [0.4, 0.5) is 4.79 Å². The lowest BCUT2D eigenvalue weighted by molar-refractivity contribution is -0.169. The van der Waals surface area contributed by atoms with Crippen LogP contribution in [-0.4, -0.2) is 245 Å². The highest BCUT2D eigenvalue weighted by Gasteiger charge is 2.16. The van der Waals surface area contributed by atoms with Gasteiger partial charge in [0, 0.05) is 38.2 Å². The summed E-state index contributed by atoms with van der Waals surface area (Å²) in [5.41, 5.74) is 0.434. The van der Waals surface area contributed by atoms with Crippen LogP contribution in [0.1, 0.15) is 12.6 Å². The Kier molecular flexibility index (Phi) is 41.4. The molecule has 0 aliphatic carbocycles. The first kappa shape index (κ1) is 61.6. The van der Waals surface area contributed by atoms with Gasteiger partial charge in [0.05, 0.1) is 151 Å². The van der Waals surface area contributed by atoms with E-state index in [1.807, 2.05) is 19.4 Å². The van der Waals surface area contributed by atoms with Gasteiger partial charge in [-0.15, -0.1) is 5.10 Å². The van der Waals surface area contributed by atoms with E-state index in [-0.39, 0.29) is 45.4 Å². The lowest BCUT2D eigenvalue weighted by atomic mass is 10.4. The second-order valence-electron chi connectivity index (χ2n) is 13.6. The van der Waals surface area contributed by atoms with Crippen LogP contribution in [0.2, 0.25) is 0 Å². The summed E-state index contributed by atoms with van der Waals surface area (Å²) in [4.78, 5) is 65.7. The Morgan fingerprint density at radius 2 is 0.985 bits per heavy atom. The fourth-order valence-corrected chi connectivity index (χ4v) is 6.39. The number of ether oxygens (including phenoxy) is 10. The number of nitrogens with one attached hydrogen (secondary N) is 5. The zero-order chi connectivity index (χ0) is 48.8. The molecule has 27 heteroatoms. The second kappa shape index (κ2) is 45.0. The van der Waals surface area contributed by atoms with Crippen molar-refractivity contribution in [2.24, 2.45) is 0 Å². The molecular formula is C40H75N9O16S2. The largest absolute Gasteiger partial charge is 0.443 e. The molecule has 25 nitrogen and oxygen atoms in total. The third-order valence-electron chi connectivity index (χ3n) is 8.27. The van der Waals surface area contributed by atoms with E-state index in [2.05, 4.69) is 36.9 Å². The molecule has 0 fully saturated rings. The molecule has 0 aliphatic rings. The van der Waals surface area contributed by atoms with Gasteiger partial charge >= 0.3 is 6.09 Å². The highest BCUT2D eigenvalue weighted by Crippen LogP contribution is 2.10. The smallest absolute Gasteiger partial charge is 0.407 e. The van der Waals surface area contributed by atoms with Gasteiger partial charge in [0.25, 0.3) is 0 Å².